The van der Waals surface area contributed by atoms with Crippen LogP contribution < -0.4 is 0 Å². The third-order valence-electron chi connectivity index (χ3n) is 2.76. The molecule has 0 amide bonds. The molecule has 3 heteroatoms. The van der Waals surface area contributed by atoms with Crippen LogP contribution in [0.2, 0.25) is 0 Å². The molecule has 0 radical (unpaired) electrons. The summed E-state index contributed by atoms with van der Waals surface area (Å²) < 4.78 is 10.7. The van der Waals surface area contributed by atoms with E-state index in [1.54, 1.807) is 0 Å². The third kappa shape index (κ3) is 6.48. The Balaban J connectivity index is 1.82. The zero-order valence-corrected chi connectivity index (χ0v) is 9.41. The zero-order chi connectivity index (χ0) is 10.8. The Bertz CT molecular complexity index is 183. The van der Waals surface area contributed by atoms with Gasteiger partial charge in [-0.3, -0.25) is 0 Å². The van der Waals surface area contributed by atoms with E-state index in [4.69, 9.17) is 14.7 Å². The van der Waals surface area contributed by atoms with Crippen LogP contribution in [0.4, 0.5) is 0 Å². The van der Waals surface area contributed by atoms with Crippen molar-refractivity contribution in [2.24, 2.45) is 0 Å². The fourth-order valence-electron chi connectivity index (χ4n) is 1.91. The molecule has 0 aromatic carbocycles. The van der Waals surface area contributed by atoms with Gasteiger partial charge in [-0.2, -0.15) is 5.26 Å². The van der Waals surface area contributed by atoms with Crippen LogP contribution in [-0.2, 0) is 9.47 Å². The third-order valence-corrected chi connectivity index (χ3v) is 2.76. The number of ether oxygens (including phenoxy) is 2. The van der Waals surface area contributed by atoms with Crippen molar-refractivity contribution in [3.63, 3.8) is 0 Å². The van der Waals surface area contributed by atoms with Crippen molar-refractivity contribution in [1.82, 2.24) is 0 Å². The minimum atomic E-state index is 0.228. The van der Waals surface area contributed by atoms with Crippen LogP contribution in [0.3, 0.4) is 0 Å². The van der Waals surface area contributed by atoms with Crippen molar-refractivity contribution in [2.45, 2.75) is 51.0 Å². The average molecular weight is 211 g/mol. The van der Waals surface area contributed by atoms with E-state index in [1.807, 2.05) is 6.07 Å². The lowest BCUT2D eigenvalue weighted by Crippen LogP contribution is -2.18. The van der Waals surface area contributed by atoms with Gasteiger partial charge in [0.25, 0.3) is 0 Å². The van der Waals surface area contributed by atoms with Crippen LogP contribution in [0.15, 0.2) is 0 Å². The Hall–Kier alpha value is -0.590. The van der Waals surface area contributed by atoms with E-state index in [0.717, 1.165) is 19.6 Å². The van der Waals surface area contributed by atoms with Gasteiger partial charge >= 0.3 is 0 Å². The molecule has 0 N–H and O–H groups in total. The minimum absolute atomic E-state index is 0.228. The molecular formula is C12H21NO2. The van der Waals surface area contributed by atoms with Crippen LogP contribution in [0.5, 0.6) is 0 Å². The summed E-state index contributed by atoms with van der Waals surface area (Å²) in [7, 11) is 0. The Labute approximate surface area is 92.4 Å². The highest BCUT2D eigenvalue weighted by atomic mass is 16.5. The van der Waals surface area contributed by atoms with E-state index in [1.165, 1.54) is 38.5 Å². The van der Waals surface area contributed by atoms with Gasteiger partial charge in [-0.1, -0.05) is 12.8 Å². The maximum absolute atomic E-state index is 8.25. The molecule has 1 fully saturated rings. The van der Waals surface area contributed by atoms with Gasteiger partial charge in [-0.25, -0.2) is 0 Å². The first-order chi connectivity index (χ1) is 7.43. The standard InChI is InChI=1S/C12H21NO2/c13-8-11-14-9-4-1-2-6-12-7-3-5-10-15-12/h12H,1-7,9-11H2. The molecule has 1 atom stereocenters. The normalized spacial score (nSPS) is 21.1. The number of hydrogen-bond donors (Lipinski definition) is 0. The van der Waals surface area contributed by atoms with Crippen LogP contribution >= 0.6 is 0 Å². The van der Waals surface area contributed by atoms with Gasteiger partial charge in [0.1, 0.15) is 6.61 Å². The van der Waals surface area contributed by atoms with E-state index in [2.05, 4.69) is 0 Å². The van der Waals surface area contributed by atoms with Crippen molar-refractivity contribution in [1.29, 1.82) is 5.26 Å². The monoisotopic (exact) mass is 211 g/mol. The molecule has 0 aromatic rings. The molecule has 1 aliphatic heterocycles. The van der Waals surface area contributed by atoms with Gasteiger partial charge in [0.05, 0.1) is 12.2 Å². The molecule has 1 rings (SSSR count). The fourth-order valence-corrected chi connectivity index (χ4v) is 1.91. The zero-order valence-electron chi connectivity index (χ0n) is 9.41. The molecule has 86 valence electrons. The van der Waals surface area contributed by atoms with Crippen molar-refractivity contribution >= 4 is 0 Å². The summed E-state index contributed by atoms with van der Waals surface area (Å²) in [5.41, 5.74) is 0. The molecule has 0 aromatic heterocycles. The number of unbranched alkanes of at least 4 members (excludes halogenated alkanes) is 2. The van der Waals surface area contributed by atoms with Crippen molar-refractivity contribution in [3.05, 3.63) is 0 Å². The van der Waals surface area contributed by atoms with Crippen molar-refractivity contribution in [2.75, 3.05) is 19.8 Å². The Morgan fingerprint density at radius 1 is 1.27 bits per heavy atom. The molecule has 1 unspecified atom stereocenters. The molecule has 0 spiro atoms. The molecule has 1 aliphatic rings. The Kier molecular flexibility index (Phi) is 7.24. The highest BCUT2D eigenvalue weighted by Gasteiger charge is 2.12. The topological polar surface area (TPSA) is 42.2 Å². The first kappa shape index (κ1) is 12.5. The van der Waals surface area contributed by atoms with Crippen LogP contribution in [0.1, 0.15) is 44.9 Å². The summed E-state index contributed by atoms with van der Waals surface area (Å²) >= 11 is 0. The van der Waals surface area contributed by atoms with E-state index < -0.39 is 0 Å². The van der Waals surface area contributed by atoms with Gasteiger partial charge in [-0.05, 0) is 32.1 Å². The second-order valence-corrected chi connectivity index (χ2v) is 4.05. The van der Waals surface area contributed by atoms with E-state index in [9.17, 15) is 0 Å². The number of hydrogen-bond acceptors (Lipinski definition) is 3. The van der Waals surface area contributed by atoms with Crippen LogP contribution in [-0.4, -0.2) is 25.9 Å². The summed E-state index contributed by atoms with van der Waals surface area (Å²) in [6.45, 7) is 1.90. The lowest BCUT2D eigenvalue weighted by Gasteiger charge is -2.22. The first-order valence-electron chi connectivity index (χ1n) is 6.00. The molecular weight excluding hydrogens is 190 g/mol. The predicted octanol–water partition coefficient (Wildman–Crippen LogP) is 2.66. The molecule has 1 saturated heterocycles. The van der Waals surface area contributed by atoms with E-state index in [-0.39, 0.29) is 6.61 Å². The number of rotatable bonds is 7. The largest absolute Gasteiger partial charge is 0.378 e. The Morgan fingerprint density at radius 2 is 2.20 bits per heavy atom. The fraction of sp³-hybridized carbons (Fsp3) is 0.917. The second kappa shape index (κ2) is 8.70. The lowest BCUT2D eigenvalue weighted by molar-refractivity contribution is 0.00949. The summed E-state index contributed by atoms with van der Waals surface area (Å²) in [6.07, 6.45) is 8.98. The molecule has 0 saturated carbocycles. The lowest BCUT2D eigenvalue weighted by atomic mass is 10.0. The van der Waals surface area contributed by atoms with Crippen molar-refractivity contribution < 1.29 is 9.47 Å². The first-order valence-corrected chi connectivity index (χ1v) is 6.00. The number of nitrogens with zero attached hydrogens (tertiary/aromatic N) is 1. The van der Waals surface area contributed by atoms with Crippen molar-refractivity contribution in [3.8, 4) is 6.07 Å². The van der Waals surface area contributed by atoms with E-state index in [0.29, 0.717) is 6.10 Å². The maximum Gasteiger partial charge on any atom is 0.133 e. The predicted molar refractivity (Wildman–Crippen MR) is 58.5 cm³/mol. The van der Waals surface area contributed by atoms with Gasteiger partial charge < -0.3 is 9.47 Å². The quantitative estimate of drug-likeness (QED) is 0.608. The van der Waals surface area contributed by atoms with Gasteiger partial charge in [0.15, 0.2) is 0 Å². The molecule has 3 nitrogen and oxygen atoms in total. The highest BCUT2D eigenvalue weighted by molar-refractivity contribution is 4.66. The Morgan fingerprint density at radius 3 is 2.93 bits per heavy atom. The van der Waals surface area contributed by atoms with Gasteiger partial charge in [0, 0.05) is 13.2 Å². The SMILES string of the molecule is N#CCOCCCCCC1CCCCO1. The summed E-state index contributed by atoms with van der Waals surface area (Å²) in [4.78, 5) is 0. The van der Waals surface area contributed by atoms with E-state index >= 15 is 0 Å². The molecule has 15 heavy (non-hydrogen) atoms. The van der Waals surface area contributed by atoms with Gasteiger partial charge in [-0.15, -0.1) is 0 Å². The molecule has 1 heterocycles. The van der Waals surface area contributed by atoms with Crippen LogP contribution in [0, 0.1) is 11.3 Å². The maximum atomic E-state index is 8.25. The number of nitriles is 1. The smallest absolute Gasteiger partial charge is 0.133 e. The summed E-state index contributed by atoms with van der Waals surface area (Å²) in [5.74, 6) is 0. The van der Waals surface area contributed by atoms with Gasteiger partial charge in [0.2, 0.25) is 0 Å². The molecule has 0 bridgehead atoms. The molecule has 0 aliphatic carbocycles. The van der Waals surface area contributed by atoms with Crippen LogP contribution in [0.25, 0.3) is 0 Å². The second-order valence-electron chi connectivity index (χ2n) is 4.05. The highest BCUT2D eigenvalue weighted by Crippen LogP contribution is 2.18. The average Bonchev–Trinajstić information content (AvgIpc) is 2.29. The summed E-state index contributed by atoms with van der Waals surface area (Å²) in [5, 5.41) is 8.25. The minimum Gasteiger partial charge on any atom is -0.378 e. The summed E-state index contributed by atoms with van der Waals surface area (Å²) in [6, 6.07) is 1.97.